The quantitative estimate of drug-likeness (QED) is 0.399. The van der Waals surface area contributed by atoms with Crippen LogP contribution in [0.4, 0.5) is 4.79 Å². The number of ether oxygens (including phenoxy) is 2. The van der Waals surface area contributed by atoms with Crippen LogP contribution in [0, 0.1) is 0 Å². The van der Waals surface area contributed by atoms with Gasteiger partial charge in [-0.3, -0.25) is 9.59 Å². The van der Waals surface area contributed by atoms with Crippen molar-refractivity contribution in [3.8, 4) is 5.69 Å². The number of nitrogens with one attached hydrogen (secondary N) is 1. The van der Waals surface area contributed by atoms with Gasteiger partial charge in [-0.15, -0.1) is 0 Å². The van der Waals surface area contributed by atoms with Gasteiger partial charge < -0.3 is 25.4 Å². The van der Waals surface area contributed by atoms with Gasteiger partial charge in [0.1, 0.15) is 17.7 Å². The molecule has 3 amide bonds. The molecule has 1 fully saturated rings. The number of carbonyl (C=O) groups excluding carboxylic acids is 3. The van der Waals surface area contributed by atoms with Gasteiger partial charge in [-0.25, -0.2) is 9.48 Å². The third kappa shape index (κ3) is 6.97. The number of primary amides is 1. The van der Waals surface area contributed by atoms with Crippen LogP contribution in [0.1, 0.15) is 73.8 Å². The summed E-state index contributed by atoms with van der Waals surface area (Å²) in [5, 5.41) is 7.56. The predicted molar refractivity (Wildman–Crippen MR) is 162 cm³/mol. The van der Waals surface area contributed by atoms with Crippen molar-refractivity contribution >= 4 is 24.0 Å². The zero-order chi connectivity index (χ0) is 30.7. The van der Waals surface area contributed by atoms with Crippen LogP contribution in [0.15, 0.2) is 66.9 Å². The maximum absolute atomic E-state index is 13.2. The summed E-state index contributed by atoms with van der Waals surface area (Å²) >= 11 is 0. The number of carbonyl (C=O) groups is 3. The maximum Gasteiger partial charge on any atom is 0.407 e. The normalized spacial score (nSPS) is 19.4. The maximum atomic E-state index is 13.2. The average Bonchev–Trinajstić information content (AvgIpc) is 3.62. The van der Waals surface area contributed by atoms with Crippen molar-refractivity contribution in [3.63, 3.8) is 0 Å². The lowest BCUT2D eigenvalue weighted by Gasteiger charge is -2.30. The van der Waals surface area contributed by atoms with E-state index in [4.69, 9.17) is 15.2 Å². The molecule has 0 bridgehead atoms. The molecule has 0 spiro atoms. The summed E-state index contributed by atoms with van der Waals surface area (Å²) in [7, 11) is 0. The average molecular weight is 586 g/mol. The molecule has 2 unspecified atom stereocenters. The van der Waals surface area contributed by atoms with Gasteiger partial charge >= 0.3 is 6.09 Å². The fourth-order valence-corrected chi connectivity index (χ4v) is 5.64. The smallest absolute Gasteiger partial charge is 0.407 e. The second-order valence-electron chi connectivity index (χ2n) is 12.1. The van der Waals surface area contributed by atoms with E-state index in [0.29, 0.717) is 24.9 Å². The van der Waals surface area contributed by atoms with Crippen molar-refractivity contribution in [2.75, 3.05) is 6.54 Å². The lowest BCUT2D eigenvalue weighted by atomic mass is 9.99. The van der Waals surface area contributed by atoms with Gasteiger partial charge in [0.25, 0.3) is 5.91 Å². The Kier molecular flexibility index (Phi) is 8.68. The third-order valence-electron chi connectivity index (χ3n) is 7.60. The third-order valence-corrected chi connectivity index (χ3v) is 7.60. The number of alkyl carbamates (subject to hydrolysis) is 1. The number of nitrogens with two attached hydrogens (primary N) is 1. The van der Waals surface area contributed by atoms with Crippen LogP contribution >= 0.6 is 0 Å². The molecule has 43 heavy (non-hydrogen) atoms. The highest BCUT2D eigenvalue weighted by atomic mass is 16.6. The molecule has 4 atom stereocenters. The van der Waals surface area contributed by atoms with Gasteiger partial charge in [-0.1, -0.05) is 42.5 Å². The molecule has 3 aromatic rings. The fourth-order valence-electron chi connectivity index (χ4n) is 5.64. The van der Waals surface area contributed by atoms with Gasteiger partial charge in [0.15, 0.2) is 0 Å². The second kappa shape index (κ2) is 12.4. The summed E-state index contributed by atoms with van der Waals surface area (Å²) in [4.78, 5) is 39.2. The van der Waals surface area contributed by atoms with Gasteiger partial charge in [-0.2, -0.15) is 5.10 Å². The van der Waals surface area contributed by atoms with Crippen LogP contribution in [0.3, 0.4) is 0 Å². The van der Waals surface area contributed by atoms with Gasteiger partial charge in [0.2, 0.25) is 5.91 Å². The molecular formula is C33H39N5O5. The molecule has 3 N–H and O–H groups in total. The standard InChI is InChI=1S/C33H39N5O5/c1-21(36-32(41)43-33(2,3)4)29(22-10-6-5-7-11-22)42-26-15-16-27-24(19-26)20-35-38(27)25-13-8-12-23(18-25)31(40)37-17-9-14-28(37)30(34)39/h5-8,10-13,15-16,18,20-21,26,28-29H,9,14,17,19H2,1-4H3,(H2,34,39)(H,36,41)/t21-,26?,28+,29?/m0/s1. The van der Waals surface area contributed by atoms with E-state index in [9.17, 15) is 14.4 Å². The lowest BCUT2D eigenvalue weighted by molar-refractivity contribution is -0.121. The number of benzene rings is 2. The fraction of sp³-hybridized carbons (Fsp3) is 0.394. The SMILES string of the molecule is C[C@H](NC(=O)OC(C)(C)C)C(OC1C=Cc2c(cnn2-c2cccc(C(=O)N3CCC[C@@H]3C(N)=O)c2)C1)c1ccccc1. The van der Waals surface area contributed by atoms with Crippen LogP contribution in [0.5, 0.6) is 0 Å². The number of hydrogen-bond donors (Lipinski definition) is 2. The highest BCUT2D eigenvalue weighted by Gasteiger charge is 2.33. The Hall–Kier alpha value is -4.44. The van der Waals surface area contributed by atoms with Crippen molar-refractivity contribution in [2.45, 2.75) is 76.9 Å². The summed E-state index contributed by atoms with van der Waals surface area (Å²) in [6.07, 6.45) is 6.53. The molecule has 10 heteroatoms. The molecule has 0 radical (unpaired) electrons. The van der Waals surface area contributed by atoms with Gasteiger partial charge in [0, 0.05) is 24.1 Å². The topological polar surface area (TPSA) is 129 Å². The molecule has 2 aliphatic rings. The van der Waals surface area contributed by atoms with Crippen molar-refractivity contribution in [1.29, 1.82) is 0 Å². The Morgan fingerprint density at radius 1 is 1.09 bits per heavy atom. The Morgan fingerprint density at radius 3 is 2.58 bits per heavy atom. The molecule has 5 rings (SSSR count). The van der Waals surface area contributed by atoms with E-state index in [0.717, 1.165) is 28.9 Å². The van der Waals surface area contributed by atoms with E-state index in [1.165, 1.54) is 0 Å². The monoisotopic (exact) mass is 585 g/mol. The number of hydrogen-bond acceptors (Lipinski definition) is 6. The minimum absolute atomic E-state index is 0.214. The Morgan fingerprint density at radius 2 is 1.86 bits per heavy atom. The summed E-state index contributed by atoms with van der Waals surface area (Å²) in [6.45, 7) is 7.89. The van der Waals surface area contributed by atoms with Crippen LogP contribution in [0.2, 0.25) is 0 Å². The molecule has 2 aromatic carbocycles. The molecule has 10 nitrogen and oxygen atoms in total. The number of rotatable bonds is 8. The van der Waals surface area contributed by atoms with Gasteiger partial charge in [0.05, 0.1) is 29.7 Å². The van der Waals surface area contributed by atoms with E-state index < -0.39 is 29.7 Å². The number of likely N-dealkylation sites (tertiary alicyclic amines) is 1. The molecule has 0 saturated carbocycles. The second-order valence-corrected chi connectivity index (χ2v) is 12.1. The Labute approximate surface area is 251 Å². The zero-order valence-corrected chi connectivity index (χ0v) is 25.0. The summed E-state index contributed by atoms with van der Waals surface area (Å²) in [5.74, 6) is -0.691. The number of fused-ring (bicyclic) bond motifs is 1. The first kappa shape index (κ1) is 30.0. The van der Waals surface area contributed by atoms with E-state index >= 15 is 0 Å². The summed E-state index contributed by atoms with van der Waals surface area (Å²) < 4.78 is 13.9. The van der Waals surface area contributed by atoms with Crippen LogP contribution in [-0.2, 0) is 20.7 Å². The first-order valence-corrected chi connectivity index (χ1v) is 14.7. The minimum Gasteiger partial charge on any atom is -0.444 e. The van der Waals surface area contributed by atoms with Crippen LogP contribution in [-0.4, -0.2) is 62.9 Å². The molecule has 226 valence electrons. The lowest BCUT2D eigenvalue weighted by Crippen LogP contribution is -2.43. The summed E-state index contributed by atoms with van der Waals surface area (Å²) in [5.41, 5.74) is 8.98. The van der Waals surface area contributed by atoms with Crippen molar-refractivity contribution < 1.29 is 23.9 Å². The number of aromatic nitrogens is 2. The molecule has 2 heterocycles. The van der Waals surface area contributed by atoms with E-state index in [-0.39, 0.29) is 18.1 Å². The molecular weight excluding hydrogens is 546 g/mol. The summed E-state index contributed by atoms with van der Waals surface area (Å²) in [6, 6.07) is 16.1. The van der Waals surface area contributed by atoms with E-state index in [1.807, 2.05) is 88.5 Å². The van der Waals surface area contributed by atoms with Crippen molar-refractivity contribution in [1.82, 2.24) is 20.0 Å². The van der Waals surface area contributed by atoms with Crippen LogP contribution in [0.25, 0.3) is 11.8 Å². The number of amides is 3. The van der Waals surface area contributed by atoms with E-state index in [2.05, 4.69) is 10.4 Å². The highest BCUT2D eigenvalue weighted by Crippen LogP contribution is 2.30. The predicted octanol–water partition coefficient (Wildman–Crippen LogP) is 4.57. The first-order valence-electron chi connectivity index (χ1n) is 14.7. The Bertz CT molecular complexity index is 1510. The largest absolute Gasteiger partial charge is 0.444 e. The van der Waals surface area contributed by atoms with Crippen molar-refractivity contribution in [3.05, 3.63) is 89.3 Å². The minimum atomic E-state index is -0.609. The zero-order valence-electron chi connectivity index (χ0n) is 25.0. The van der Waals surface area contributed by atoms with Crippen LogP contribution < -0.4 is 11.1 Å². The van der Waals surface area contributed by atoms with E-state index in [1.54, 1.807) is 21.7 Å². The first-order chi connectivity index (χ1) is 20.5. The molecule has 1 aliphatic heterocycles. The molecule has 1 aliphatic carbocycles. The van der Waals surface area contributed by atoms with Gasteiger partial charge in [-0.05, 0) is 70.4 Å². The molecule has 1 saturated heterocycles. The molecule has 1 aromatic heterocycles. The Balaban J connectivity index is 1.32. The van der Waals surface area contributed by atoms with Crippen molar-refractivity contribution in [2.24, 2.45) is 5.73 Å². The number of nitrogens with zero attached hydrogens (tertiary/aromatic N) is 3. The highest BCUT2D eigenvalue weighted by molar-refractivity contribution is 5.98.